The van der Waals surface area contributed by atoms with Gasteiger partial charge in [0.2, 0.25) is 9.84 Å². The molecule has 0 amide bonds. The number of nitrogens with zero attached hydrogens (tertiary/aromatic N) is 2. The Kier molecular flexibility index (Phi) is 6.29. The fourth-order valence-electron chi connectivity index (χ4n) is 3.25. The quantitative estimate of drug-likeness (QED) is 0.409. The second kappa shape index (κ2) is 8.73. The molecule has 1 heterocycles. The highest BCUT2D eigenvalue weighted by molar-refractivity contribution is 7.91. The van der Waals surface area contributed by atoms with Crippen molar-refractivity contribution in [2.24, 2.45) is 0 Å². The van der Waals surface area contributed by atoms with Crippen LogP contribution in [0.2, 0.25) is 0 Å². The standard InChI is InChI=1S/C23H20N2O3S.ClH/c1-17-7-6-8-18(2)22(17)25-16-15-24-23(25)28-19-11-13-21(14-12-19)29(26,27)20-9-4-3-5-10-20;/h3-16H,1-2H3;1H. The van der Waals surface area contributed by atoms with Crippen LogP contribution < -0.4 is 4.74 Å². The number of ether oxygens (including phenoxy) is 1. The van der Waals surface area contributed by atoms with Gasteiger partial charge in [-0.3, -0.25) is 4.57 Å². The minimum absolute atomic E-state index is 0. The van der Waals surface area contributed by atoms with E-state index in [1.807, 2.05) is 42.8 Å². The molecule has 0 fully saturated rings. The summed E-state index contributed by atoms with van der Waals surface area (Å²) in [4.78, 5) is 4.79. The van der Waals surface area contributed by atoms with E-state index in [0.717, 1.165) is 16.8 Å². The summed E-state index contributed by atoms with van der Waals surface area (Å²) in [5.41, 5.74) is 3.23. The Morgan fingerprint density at radius 3 is 2.03 bits per heavy atom. The summed E-state index contributed by atoms with van der Waals surface area (Å²) in [6.45, 7) is 4.07. The van der Waals surface area contributed by atoms with Crippen LogP contribution in [0, 0.1) is 13.8 Å². The third-order valence-corrected chi connectivity index (χ3v) is 6.47. The number of aryl methyl sites for hydroxylation is 2. The molecule has 4 rings (SSSR count). The molecule has 0 radical (unpaired) electrons. The summed E-state index contributed by atoms with van der Waals surface area (Å²) in [6, 6.07) is 21.2. The van der Waals surface area contributed by atoms with Gasteiger partial charge >= 0.3 is 6.01 Å². The molecule has 0 aliphatic rings. The highest BCUT2D eigenvalue weighted by Gasteiger charge is 2.17. The van der Waals surface area contributed by atoms with E-state index in [0.29, 0.717) is 11.8 Å². The van der Waals surface area contributed by atoms with Crippen LogP contribution in [0.25, 0.3) is 5.69 Å². The molecule has 5 nitrogen and oxygen atoms in total. The summed E-state index contributed by atoms with van der Waals surface area (Å²) in [7, 11) is -3.56. The molecule has 0 spiro atoms. The maximum atomic E-state index is 12.7. The molecule has 0 N–H and O–H groups in total. The molecular formula is C23H21ClN2O3S. The van der Waals surface area contributed by atoms with Gasteiger partial charge < -0.3 is 4.74 Å². The van der Waals surface area contributed by atoms with Gasteiger partial charge in [0.15, 0.2) is 0 Å². The number of hydrogen-bond acceptors (Lipinski definition) is 4. The number of imidazole rings is 1. The Morgan fingerprint density at radius 1 is 0.800 bits per heavy atom. The molecule has 154 valence electrons. The van der Waals surface area contributed by atoms with Crippen molar-refractivity contribution in [2.75, 3.05) is 0 Å². The first-order valence-corrected chi connectivity index (χ1v) is 10.6. The van der Waals surface area contributed by atoms with Gasteiger partial charge in [-0.2, -0.15) is 0 Å². The van der Waals surface area contributed by atoms with Crippen LogP contribution in [0.15, 0.2) is 95.0 Å². The average molecular weight is 441 g/mol. The molecule has 0 saturated heterocycles. The van der Waals surface area contributed by atoms with Crippen LogP contribution in [0.5, 0.6) is 11.8 Å². The van der Waals surface area contributed by atoms with Crippen molar-refractivity contribution < 1.29 is 13.2 Å². The molecule has 0 aliphatic heterocycles. The van der Waals surface area contributed by atoms with Crippen LogP contribution in [0.1, 0.15) is 11.1 Å². The van der Waals surface area contributed by atoms with Crippen molar-refractivity contribution in [3.63, 3.8) is 0 Å². The molecule has 0 bridgehead atoms. The third-order valence-electron chi connectivity index (χ3n) is 4.68. The fraction of sp³-hybridized carbons (Fsp3) is 0.0870. The predicted octanol–water partition coefficient (Wildman–Crippen LogP) is 5.54. The highest BCUT2D eigenvalue weighted by atomic mass is 35.5. The highest BCUT2D eigenvalue weighted by Crippen LogP contribution is 2.28. The first kappa shape index (κ1) is 21.6. The lowest BCUT2D eigenvalue weighted by molar-refractivity contribution is 0.434. The molecule has 0 unspecified atom stereocenters. The topological polar surface area (TPSA) is 61.2 Å². The van der Waals surface area contributed by atoms with Crippen molar-refractivity contribution in [3.8, 4) is 17.4 Å². The largest absolute Gasteiger partial charge is 0.425 e. The zero-order valence-electron chi connectivity index (χ0n) is 16.5. The molecule has 4 aromatic rings. The Hall–Kier alpha value is -3.09. The summed E-state index contributed by atoms with van der Waals surface area (Å²) in [5.74, 6) is 0.510. The molecule has 3 aromatic carbocycles. The number of aromatic nitrogens is 2. The van der Waals surface area contributed by atoms with Gasteiger partial charge in [-0.05, 0) is 61.4 Å². The maximum Gasteiger partial charge on any atom is 0.306 e. The number of sulfone groups is 1. The number of hydrogen-bond donors (Lipinski definition) is 0. The molecule has 1 aromatic heterocycles. The minimum atomic E-state index is -3.56. The van der Waals surface area contributed by atoms with Gasteiger partial charge in [-0.25, -0.2) is 13.4 Å². The van der Waals surface area contributed by atoms with Crippen LogP contribution >= 0.6 is 12.4 Å². The second-order valence-electron chi connectivity index (χ2n) is 6.71. The zero-order valence-corrected chi connectivity index (χ0v) is 18.2. The normalized spacial score (nSPS) is 11.0. The second-order valence-corrected chi connectivity index (χ2v) is 8.66. The molecule has 0 aliphatic carbocycles. The van der Waals surface area contributed by atoms with Crippen molar-refractivity contribution in [1.82, 2.24) is 9.55 Å². The number of para-hydroxylation sites is 1. The Balaban J connectivity index is 0.00000256. The van der Waals surface area contributed by atoms with E-state index in [9.17, 15) is 8.42 Å². The summed E-state index contributed by atoms with van der Waals surface area (Å²) >= 11 is 0. The maximum absolute atomic E-state index is 12.7. The predicted molar refractivity (Wildman–Crippen MR) is 119 cm³/mol. The summed E-state index contributed by atoms with van der Waals surface area (Å²) in [6.07, 6.45) is 3.52. The first-order valence-electron chi connectivity index (χ1n) is 9.15. The SMILES string of the molecule is Cc1cccc(C)c1-n1ccnc1Oc1ccc(S(=O)(=O)c2ccccc2)cc1.Cl. The summed E-state index contributed by atoms with van der Waals surface area (Å²) < 4.78 is 33.3. The number of benzene rings is 3. The molecule has 30 heavy (non-hydrogen) atoms. The molecule has 0 atom stereocenters. The van der Waals surface area contributed by atoms with E-state index < -0.39 is 9.84 Å². The van der Waals surface area contributed by atoms with Crippen LogP contribution in [-0.2, 0) is 9.84 Å². The van der Waals surface area contributed by atoms with E-state index in [2.05, 4.69) is 4.98 Å². The number of rotatable bonds is 5. The minimum Gasteiger partial charge on any atom is -0.425 e. The van der Waals surface area contributed by atoms with Crippen LogP contribution in [0.3, 0.4) is 0 Å². The van der Waals surface area contributed by atoms with Gasteiger partial charge in [0.1, 0.15) is 5.75 Å². The van der Waals surface area contributed by atoms with Gasteiger partial charge in [0.05, 0.1) is 15.5 Å². The van der Waals surface area contributed by atoms with Crippen LogP contribution in [-0.4, -0.2) is 18.0 Å². The Labute approximate surface area is 182 Å². The van der Waals surface area contributed by atoms with Gasteiger partial charge in [0.25, 0.3) is 0 Å². The van der Waals surface area contributed by atoms with Crippen molar-refractivity contribution in [3.05, 3.63) is 96.3 Å². The van der Waals surface area contributed by atoms with E-state index in [1.165, 1.54) is 0 Å². The van der Waals surface area contributed by atoms with Gasteiger partial charge in [-0.1, -0.05) is 36.4 Å². The van der Waals surface area contributed by atoms with Crippen molar-refractivity contribution >= 4 is 22.2 Å². The monoisotopic (exact) mass is 440 g/mol. The lowest BCUT2D eigenvalue weighted by atomic mass is 10.1. The molecule has 0 saturated carbocycles. The lowest BCUT2D eigenvalue weighted by Gasteiger charge is -2.14. The first-order chi connectivity index (χ1) is 14.0. The van der Waals surface area contributed by atoms with Crippen molar-refractivity contribution in [2.45, 2.75) is 23.6 Å². The smallest absolute Gasteiger partial charge is 0.306 e. The number of halogens is 1. The third kappa shape index (κ3) is 4.10. The van der Waals surface area contributed by atoms with E-state index in [4.69, 9.17) is 4.74 Å². The van der Waals surface area contributed by atoms with Gasteiger partial charge in [-0.15, -0.1) is 12.4 Å². The van der Waals surface area contributed by atoms with Gasteiger partial charge in [0, 0.05) is 12.4 Å². The lowest BCUT2D eigenvalue weighted by Crippen LogP contribution is -2.03. The molecule has 7 heteroatoms. The fourth-order valence-corrected chi connectivity index (χ4v) is 4.53. The van der Waals surface area contributed by atoms with E-state index in [-0.39, 0.29) is 22.2 Å². The Morgan fingerprint density at radius 2 is 1.40 bits per heavy atom. The van der Waals surface area contributed by atoms with Crippen LogP contribution in [0.4, 0.5) is 0 Å². The Bertz CT molecular complexity index is 1230. The summed E-state index contributed by atoms with van der Waals surface area (Å²) in [5, 5.41) is 0. The zero-order chi connectivity index (χ0) is 20.4. The average Bonchev–Trinajstić information content (AvgIpc) is 3.17. The van der Waals surface area contributed by atoms with E-state index in [1.54, 1.807) is 60.8 Å². The van der Waals surface area contributed by atoms with Crippen molar-refractivity contribution in [1.29, 1.82) is 0 Å². The molecular weight excluding hydrogens is 420 g/mol. The van der Waals surface area contributed by atoms with E-state index >= 15 is 0 Å².